The van der Waals surface area contributed by atoms with Crippen molar-refractivity contribution in [3.63, 3.8) is 0 Å². The van der Waals surface area contributed by atoms with Crippen LogP contribution in [-0.2, 0) is 14.0 Å². The van der Waals surface area contributed by atoms with E-state index in [-0.39, 0.29) is 19.1 Å². The summed E-state index contributed by atoms with van der Waals surface area (Å²) in [6.07, 6.45) is 2.73. The van der Waals surface area contributed by atoms with Gasteiger partial charge in [0.25, 0.3) is 0 Å². The van der Waals surface area contributed by atoms with Gasteiger partial charge in [-0.3, -0.25) is 4.98 Å². The number of rotatable bonds is 6. The molecule has 5 rings (SSSR count). The van der Waals surface area contributed by atoms with Crippen LogP contribution in [0.1, 0.15) is 50.4 Å². The summed E-state index contributed by atoms with van der Waals surface area (Å²) < 4.78 is 18.2. The van der Waals surface area contributed by atoms with Crippen LogP contribution in [0.25, 0.3) is 17.2 Å². The van der Waals surface area contributed by atoms with Gasteiger partial charge in [-0.05, 0) is 67.6 Å². The van der Waals surface area contributed by atoms with Crippen LogP contribution in [0.15, 0.2) is 66.3 Å². The normalized spacial score (nSPS) is 17.7. The second kappa shape index (κ2) is 10.4. The second-order valence-corrected chi connectivity index (χ2v) is 11.4. The molecule has 2 heterocycles. The Hall–Kier alpha value is -2.84. The second-order valence-electron chi connectivity index (χ2n) is 10.5. The summed E-state index contributed by atoms with van der Waals surface area (Å²) in [7, 11) is -0.706. The molecule has 0 bridgehead atoms. The van der Waals surface area contributed by atoms with Gasteiger partial charge in [-0.25, -0.2) is 4.79 Å². The van der Waals surface area contributed by atoms with Gasteiger partial charge < -0.3 is 19.4 Å². The number of carbonyl (C=O) groups is 1. The third-order valence-corrected chi connectivity index (χ3v) is 8.00. The van der Waals surface area contributed by atoms with E-state index in [0.717, 1.165) is 11.1 Å². The van der Waals surface area contributed by atoms with Crippen molar-refractivity contribution in [1.29, 1.82) is 0 Å². The highest BCUT2D eigenvalue weighted by atomic mass is 35.5. The van der Waals surface area contributed by atoms with E-state index in [9.17, 15) is 4.79 Å². The van der Waals surface area contributed by atoms with Crippen LogP contribution in [0.3, 0.4) is 0 Å². The van der Waals surface area contributed by atoms with Crippen molar-refractivity contribution in [3.8, 4) is 11.1 Å². The van der Waals surface area contributed by atoms with Gasteiger partial charge in [-0.1, -0.05) is 71.7 Å². The lowest BCUT2D eigenvalue weighted by Crippen LogP contribution is -2.41. The molecular formula is C29H29BCl2N2O4. The lowest BCUT2D eigenvalue weighted by Gasteiger charge is -2.32. The molecule has 196 valence electrons. The molecule has 38 heavy (non-hydrogen) atoms. The monoisotopic (exact) mass is 550 g/mol. The van der Waals surface area contributed by atoms with Gasteiger partial charge in [0.2, 0.25) is 0 Å². The Balaban J connectivity index is 1.31. The largest absolute Gasteiger partial charge is 0.492 e. The fraction of sp³-hybridized carbons (Fsp3) is 0.310. The Morgan fingerprint density at radius 3 is 2.18 bits per heavy atom. The molecule has 9 heteroatoms. The Kier molecular flexibility index (Phi) is 7.31. The summed E-state index contributed by atoms with van der Waals surface area (Å²) in [5.41, 5.74) is 4.69. The summed E-state index contributed by atoms with van der Waals surface area (Å²) >= 11 is 12.4. The van der Waals surface area contributed by atoms with E-state index in [1.54, 1.807) is 12.1 Å². The van der Waals surface area contributed by atoms with E-state index in [1.807, 2.05) is 52.0 Å². The van der Waals surface area contributed by atoms with Crippen LogP contribution in [0.2, 0.25) is 10.0 Å². The quantitative estimate of drug-likeness (QED) is 0.336. The fourth-order valence-electron chi connectivity index (χ4n) is 4.73. The number of amides is 1. The highest BCUT2D eigenvalue weighted by molar-refractivity contribution is 6.56. The first-order valence-electron chi connectivity index (χ1n) is 12.5. The van der Waals surface area contributed by atoms with Gasteiger partial charge in [0.1, 0.15) is 6.61 Å². The Bertz CT molecular complexity index is 1350. The molecule has 3 aromatic rings. The maximum absolute atomic E-state index is 12.9. The minimum absolute atomic E-state index is 0.0247. The SMILES string of the molecule is CC1(C)OB(C(=Cc2ncc(Cl)cc2Cl)CNC(=O)OCC2c3ccccc3-c3ccccc32)OC1(C)C. The van der Waals surface area contributed by atoms with Crippen LogP contribution in [-0.4, -0.2) is 42.5 Å². The maximum Gasteiger partial charge on any atom is 0.492 e. The number of aromatic nitrogens is 1. The zero-order valence-electron chi connectivity index (χ0n) is 21.8. The van der Waals surface area contributed by atoms with Crippen molar-refractivity contribution in [2.45, 2.75) is 44.8 Å². The molecule has 0 radical (unpaired) electrons. The number of halogens is 2. The number of carbonyl (C=O) groups excluding carboxylic acids is 1. The number of nitrogens with zero attached hydrogens (tertiary/aromatic N) is 1. The Morgan fingerprint density at radius 2 is 1.61 bits per heavy atom. The molecule has 0 unspecified atom stereocenters. The first-order chi connectivity index (χ1) is 18.1. The molecule has 6 nitrogen and oxygen atoms in total. The first-order valence-corrected chi connectivity index (χ1v) is 13.3. The van der Waals surface area contributed by atoms with Crippen molar-refractivity contribution in [1.82, 2.24) is 10.3 Å². The molecule has 1 fully saturated rings. The average Bonchev–Trinajstić information content (AvgIpc) is 3.30. The van der Waals surface area contributed by atoms with Crippen molar-refractivity contribution < 1.29 is 18.8 Å². The van der Waals surface area contributed by atoms with Crippen LogP contribution in [0.5, 0.6) is 0 Å². The molecular weight excluding hydrogens is 522 g/mol. The third kappa shape index (κ3) is 5.21. The standard InChI is InChI=1S/C29H29BCl2N2O4/c1-28(2)29(3,4)38-30(37-28)18(13-26-25(32)14-19(31)16-33-26)15-34-27(35)36-17-24-22-11-7-5-9-20(22)21-10-6-8-12-23(21)24/h5-14,16,24H,15,17H2,1-4H3,(H,34,35). The first kappa shape index (κ1) is 26.8. The molecule has 0 saturated carbocycles. The molecule has 2 aromatic carbocycles. The van der Waals surface area contributed by atoms with E-state index in [4.69, 9.17) is 37.2 Å². The minimum Gasteiger partial charge on any atom is -0.449 e. The number of hydrogen-bond donors (Lipinski definition) is 1. The number of pyridine rings is 1. The number of benzene rings is 2. The van der Waals surface area contributed by atoms with Crippen molar-refractivity contribution >= 4 is 42.5 Å². The van der Waals surface area contributed by atoms with E-state index in [2.05, 4.69) is 34.6 Å². The molecule has 1 saturated heterocycles. The van der Waals surface area contributed by atoms with Crippen molar-refractivity contribution in [2.75, 3.05) is 13.2 Å². The van der Waals surface area contributed by atoms with Gasteiger partial charge in [0, 0.05) is 18.7 Å². The molecule has 1 aliphatic carbocycles. The third-order valence-electron chi connectivity index (χ3n) is 7.49. The summed E-state index contributed by atoms with van der Waals surface area (Å²) in [4.78, 5) is 17.2. The van der Waals surface area contributed by atoms with Crippen molar-refractivity contribution in [2.24, 2.45) is 0 Å². The van der Waals surface area contributed by atoms with Gasteiger partial charge in [0.05, 0.1) is 26.9 Å². The van der Waals surface area contributed by atoms with Gasteiger partial charge in [0.15, 0.2) is 0 Å². The summed E-state index contributed by atoms with van der Waals surface area (Å²) in [5, 5.41) is 3.66. The summed E-state index contributed by atoms with van der Waals surface area (Å²) in [5.74, 6) is -0.0247. The maximum atomic E-state index is 12.9. The van der Waals surface area contributed by atoms with Crippen LogP contribution >= 0.6 is 23.2 Å². The number of alkyl carbamates (subject to hydrolysis) is 1. The van der Waals surface area contributed by atoms with E-state index in [1.165, 1.54) is 17.3 Å². The van der Waals surface area contributed by atoms with Crippen LogP contribution < -0.4 is 5.32 Å². The Labute approximate surface area is 233 Å². The van der Waals surface area contributed by atoms with Crippen molar-refractivity contribution in [3.05, 3.63) is 93.1 Å². The number of nitrogens with one attached hydrogen (secondary N) is 1. The molecule has 0 atom stereocenters. The number of ether oxygens (including phenoxy) is 1. The average molecular weight is 551 g/mol. The Morgan fingerprint density at radius 1 is 1.03 bits per heavy atom. The van der Waals surface area contributed by atoms with Crippen LogP contribution in [0.4, 0.5) is 4.79 Å². The van der Waals surface area contributed by atoms with E-state index < -0.39 is 24.4 Å². The highest BCUT2D eigenvalue weighted by Gasteiger charge is 2.52. The van der Waals surface area contributed by atoms with Gasteiger partial charge in [-0.15, -0.1) is 0 Å². The van der Waals surface area contributed by atoms with Gasteiger partial charge in [-0.2, -0.15) is 0 Å². The number of fused-ring (bicyclic) bond motifs is 3. The van der Waals surface area contributed by atoms with Gasteiger partial charge >= 0.3 is 13.2 Å². The molecule has 1 amide bonds. The summed E-state index contributed by atoms with van der Waals surface area (Å²) in [6.45, 7) is 8.22. The van der Waals surface area contributed by atoms with Crippen LogP contribution in [0, 0.1) is 0 Å². The number of hydrogen-bond acceptors (Lipinski definition) is 5. The predicted octanol–water partition coefficient (Wildman–Crippen LogP) is 6.94. The predicted molar refractivity (Wildman–Crippen MR) is 151 cm³/mol. The molecule has 1 aliphatic heterocycles. The molecule has 2 aliphatic rings. The molecule has 1 N–H and O–H groups in total. The summed E-state index contributed by atoms with van der Waals surface area (Å²) in [6, 6.07) is 18.1. The zero-order valence-corrected chi connectivity index (χ0v) is 23.3. The lowest BCUT2D eigenvalue weighted by atomic mass is 9.77. The zero-order chi connectivity index (χ0) is 27.1. The lowest BCUT2D eigenvalue weighted by molar-refractivity contribution is 0.00578. The minimum atomic E-state index is -0.706. The van der Waals surface area contributed by atoms with E-state index in [0.29, 0.717) is 21.2 Å². The van der Waals surface area contributed by atoms with E-state index >= 15 is 0 Å². The smallest absolute Gasteiger partial charge is 0.449 e. The molecule has 1 aromatic heterocycles. The highest BCUT2D eigenvalue weighted by Crippen LogP contribution is 2.44. The fourth-order valence-corrected chi connectivity index (χ4v) is 5.16. The topological polar surface area (TPSA) is 69.7 Å². The molecule has 0 spiro atoms.